The summed E-state index contributed by atoms with van der Waals surface area (Å²) in [7, 11) is 2.04. The van der Waals surface area contributed by atoms with Gasteiger partial charge in [-0.25, -0.2) is 0 Å². The van der Waals surface area contributed by atoms with Crippen molar-refractivity contribution in [2.75, 3.05) is 0 Å². The monoisotopic (exact) mass is 301 g/mol. The molecule has 0 aliphatic carbocycles. The van der Waals surface area contributed by atoms with Crippen LogP contribution in [-0.4, -0.2) is 4.57 Å². The second kappa shape index (κ2) is 5.35. The average molecular weight is 302 g/mol. The number of benzene rings is 2. The third-order valence-electron chi connectivity index (χ3n) is 3.35. The number of hydrogen-bond acceptors (Lipinski definition) is 0. The summed E-state index contributed by atoms with van der Waals surface area (Å²) in [6, 6.07) is 17.9. The zero-order valence-corrected chi connectivity index (χ0v) is 12.5. The highest BCUT2D eigenvalue weighted by Gasteiger charge is 2.11. The zero-order chi connectivity index (χ0) is 14.1. The fourth-order valence-corrected chi connectivity index (χ4v) is 2.61. The van der Waals surface area contributed by atoms with Gasteiger partial charge in [0.2, 0.25) is 0 Å². The molecule has 1 heterocycles. The van der Waals surface area contributed by atoms with E-state index in [1.165, 1.54) is 11.3 Å². The van der Waals surface area contributed by atoms with Gasteiger partial charge in [-0.2, -0.15) is 0 Å². The van der Waals surface area contributed by atoms with Crippen molar-refractivity contribution >= 4 is 23.2 Å². The van der Waals surface area contributed by atoms with Crippen molar-refractivity contribution in [2.45, 2.75) is 0 Å². The van der Waals surface area contributed by atoms with Crippen LogP contribution in [0, 0.1) is 0 Å². The predicted molar refractivity (Wildman–Crippen MR) is 86.3 cm³/mol. The van der Waals surface area contributed by atoms with Crippen molar-refractivity contribution in [3.05, 3.63) is 70.8 Å². The molecule has 0 aliphatic heterocycles. The Balaban J connectivity index is 2.14. The van der Waals surface area contributed by atoms with Crippen molar-refractivity contribution in [3.63, 3.8) is 0 Å². The van der Waals surface area contributed by atoms with Crippen molar-refractivity contribution < 1.29 is 0 Å². The first-order valence-corrected chi connectivity index (χ1v) is 7.08. The molecular weight excluding hydrogens is 289 g/mol. The maximum absolute atomic E-state index is 5.97. The van der Waals surface area contributed by atoms with E-state index in [2.05, 4.69) is 16.8 Å². The highest BCUT2D eigenvalue weighted by Crippen LogP contribution is 2.33. The Hall–Kier alpha value is -1.70. The summed E-state index contributed by atoms with van der Waals surface area (Å²) in [5.41, 5.74) is 4.65. The predicted octanol–water partition coefficient (Wildman–Crippen LogP) is 5.67. The Kier molecular flexibility index (Phi) is 3.56. The van der Waals surface area contributed by atoms with Crippen LogP contribution < -0.4 is 0 Å². The van der Waals surface area contributed by atoms with Gasteiger partial charge in [0, 0.05) is 28.9 Å². The molecule has 0 atom stereocenters. The molecular formula is C17H13Cl2N. The molecule has 0 bridgehead atoms. The second-order valence-electron chi connectivity index (χ2n) is 4.70. The fourth-order valence-electron chi connectivity index (χ4n) is 2.36. The Morgan fingerprint density at radius 3 is 1.75 bits per heavy atom. The molecule has 0 unspecified atom stereocenters. The van der Waals surface area contributed by atoms with E-state index in [1.807, 2.05) is 55.6 Å². The smallest absolute Gasteiger partial charge is 0.0557 e. The quantitative estimate of drug-likeness (QED) is 0.575. The van der Waals surface area contributed by atoms with Crippen LogP contribution in [0.1, 0.15) is 0 Å². The molecule has 0 radical (unpaired) electrons. The van der Waals surface area contributed by atoms with Crippen LogP contribution in [-0.2, 0) is 7.05 Å². The minimum Gasteiger partial charge on any atom is -0.350 e. The molecule has 0 saturated carbocycles. The lowest BCUT2D eigenvalue weighted by molar-refractivity contribution is 0.937. The summed E-state index contributed by atoms with van der Waals surface area (Å²) < 4.78 is 2.12. The molecule has 0 N–H and O–H groups in total. The molecule has 0 fully saturated rings. The van der Waals surface area contributed by atoms with Crippen LogP contribution in [0.25, 0.3) is 22.4 Å². The highest BCUT2D eigenvalue weighted by molar-refractivity contribution is 6.31. The number of rotatable bonds is 2. The minimum atomic E-state index is 0.746. The Bertz CT molecular complexity index is 725. The van der Waals surface area contributed by atoms with Gasteiger partial charge in [-0.05, 0) is 41.5 Å². The van der Waals surface area contributed by atoms with Crippen molar-refractivity contribution in [3.8, 4) is 22.4 Å². The molecule has 3 rings (SSSR count). The van der Waals surface area contributed by atoms with Gasteiger partial charge in [-0.15, -0.1) is 0 Å². The molecule has 0 spiro atoms. The Labute approximate surface area is 128 Å². The summed E-state index contributed by atoms with van der Waals surface area (Å²) in [5, 5.41) is 1.49. The zero-order valence-electron chi connectivity index (χ0n) is 11.0. The van der Waals surface area contributed by atoms with E-state index in [-0.39, 0.29) is 0 Å². The molecule has 100 valence electrons. The molecule has 0 aliphatic rings. The van der Waals surface area contributed by atoms with Gasteiger partial charge >= 0.3 is 0 Å². The van der Waals surface area contributed by atoms with Crippen LogP contribution >= 0.6 is 23.2 Å². The highest BCUT2D eigenvalue weighted by atomic mass is 35.5. The van der Waals surface area contributed by atoms with E-state index >= 15 is 0 Å². The normalized spacial score (nSPS) is 10.8. The van der Waals surface area contributed by atoms with E-state index < -0.39 is 0 Å². The second-order valence-corrected chi connectivity index (χ2v) is 5.58. The van der Waals surface area contributed by atoms with Crippen molar-refractivity contribution in [2.24, 2.45) is 7.05 Å². The number of nitrogens with zero attached hydrogens (tertiary/aromatic N) is 1. The third kappa shape index (κ3) is 2.47. The molecule has 3 aromatic rings. The number of aryl methyl sites for hydroxylation is 1. The van der Waals surface area contributed by atoms with Crippen molar-refractivity contribution in [1.82, 2.24) is 4.57 Å². The Morgan fingerprint density at radius 2 is 1.20 bits per heavy atom. The van der Waals surface area contributed by atoms with Gasteiger partial charge in [-0.3, -0.25) is 0 Å². The van der Waals surface area contributed by atoms with E-state index in [4.69, 9.17) is 23.2 Å². The lowest BCUT2D eigenvalue weighted by Crippen LogP contribution is -1.91. The summed E-state index contributed by atoms with van der Waals surface area (Å²) in [5.74, 6) is 0. The van der Waals surface area contributed by atoms with Gasteiger partial charge in [0.1, 0.15) is 0 Å². The van der Waals surface area contributed by atoms with E-state index in [0.717, 1.165) is 21.2 Å². The number of halogens is 2. The number of aromatic nitrogens is 1. The first kappa shape index (κ1) is 13.3. The van der Waals surface area contributed by atoms with Gasteiger partial charge in [-0.1, -0.05) is 47.5 Å². The van der Waals surface area contributed by atoms with Gasteiger partial charge in [0.25, 0.3) is 0 Å². The van der Waals surface area contributed by atoms with E-state index in [9.17, 15) is 0 Å². The van der Waals surface area contributed by atoms with Gasteiger partial charge in [0.05, 0.1) is 5.69 Å². The molecule has 3 heteroatoms. The summed E-state index contributed by atoms with van der Waals surface area (Å²) in [6.45, 7) is 0. The summed E-state index contributed by atoms with van der Waals surface area (Å²) >= 11 is 11.9. The van der Waals surface area contributed by atoms with Crippen LogP contribution in [0.5, 0.6) is 0 Å². The van der Waals surface area contributed by atoms with E-state index in [0.29, 0.717) is 0 Å². The molecule has 0 saturated heterocycles. The lowest BCUT2D eigenvalue weighted by atomic mass is 10.0. The van der Waals surface area contributed by atoms with Crippen LogP contribution in [0.4, 0.5) is 0 Å². The summed E-state index contributed by atoms with van der Waals surface area (Å²) in [4.78, 5) is 0. The number of hydrogen-bond donors (Lipinski definition) is 0. The topological polar surface area (TPSA) is 4.93 Å². The molecule has 2 aromatic carbocycles. The largest absolute Gasteiger partial charge is 0.350 e. The SMILES string of the molecule is Cn1ccc(-c2ccc(Cl)cc2)c1-c1ccc(Cl)cc1. The molecule has 1 nitrogen and oxygen atoms in total. The Morgan fingerprint density at radius 1 is 0.700 bits per heavy atom. The maximum Gasteiger partial charge on any atom is 0.0557 e. The van der Waals surface area contributed by atoms with Crippen LogP contribution in [0.3, 0.4) is 0 Å². The molecule has 20 heavy (non-hydrogen) atoms. The van der Waals surface area contributed by atoms with Gasteiger partial charge in [0.15, 0.2) is 0 Å². The average Bonchev–Trinajstić information content (AvgIpc) is 2.83. The summed E-state index contributed by atoms with van der Waals surface area (Å²) in [6.07, 6.45) is 2.06. The minimum absolute atomic E-state index is 0.746. The van der Waals surface area contributed by atoms with Crippen molar-refractivity contribution in [1.29, 1.82) is 0 Å². The lowest BCUT2D eigenvalue weighted by Gasteiger charge is -2.09. The third-order valence-corrected chi connectivity index (χ3v) is 3.85. The van der Waals surface area contributed by atoms with Gasteiger partial charge < -0.3 is 4.57 Å². The molecule has 1 aromatic heterocycles. The fraction of sp³-hybridized carbons (Fsp3) is 0.0588. The molecule has 0 amide bonds. The first-order valence-electron chi connectivity index (χ1n) is 6.32. The van der Waals surface area contributed by atoms with E-state index in [1.54, 1.807) is 0 Å². The maximum atomic E-state index is 5.97. The van der Waals surface area contributed by atoms with Crippen LogP contribution in [0.15, 0.2) is 60.8 Å². The van der Waals surface area contributed by atoms with Crippen LogP contribution in [0.2, 0.25) is 10.0 Å². The first-order chi connectivity index (χ1) is 9.65. The standard InChI is InChI=1S/C17H13Cl2N/c1-20-11-10-16(12-2-6-14(18)7-3-12)17(20)13-4-8-15(19)9-5-13/h2-11H,1H3.